The monoisotopic (exact) mass is 241 g/mol. The van der Waals surface area contributed by atoms with Crippen LogP contribution in [0, 0.1) is 11.3 Å². The highest BCUT2D eigenvalue weighted by molar-refractivity contribution is 4.89. The van der Waals surface area contributed by atoms with Crippen LogP contribution in [0.2, 0.25) is 0 Å². The van der Waals surface area contributed by atoms with Gasteiger partial charge in [-0.2, -0.15) is 0 Å². The van der Waals surface area contributed by atoms with Gasteiger partial charge < -0.3 is 10.5 Å². The van der Waals surface area contributed by atoms with Crippen LogP contribution >= 0.6 is 0 Å². The van der Waals surface area contributed by atoms with Gasteiger partial charge in [-0.3, -0.25) is 0 Å². The normalized spacial score (nSPS) is 31.6. The first-order valence-electron chi connectivity index (χ1n) is 7.17. The SMILES string of the molecule is CC(C)OC1(CN)CCCC(C(C)(C)C)CC1. The standard InChI is InChI=1S/C15H31NO/c1-12(2)17-15(11-16)9-6-7-13(8-10-15)14(3,4)5/h12-13H,6-11,16H2,1-5H3. The molecule has 2 heteroatoms. The van der Waals surface area contributed by atoms with E-state index in [1.807, 2.05) is 0 Å². The predicted octanol–water partition coefficient (Wildman–Crippen LogP) is 3.74. The lowest BCUT2D eigenvalue weighted by molar-refractivity contribution is -0.0839. The van der Waals surface area contributed by atoms with E-state index in [9.17, 15) is 0 Å². The summed E-state index contributed by atoms with van der Waals surface area (Å²) in [5.41, 5.74) is 6.36. The molecule has 1 aliphatic carbocycles. The van der Waals surface area contributed by atoms with Gasteiger partial charge in [0.05, 0.1) is 11.7 Å². The number of hydrogen-bond acceptors (Lipinski definition) is 2. The fraction of sp³-hybridized carbons (Fsp3) is 1.00. The van der Waals surface area contributed by atoms with Gasteiger partial charge >= 0.3 is 0 Å². The van der Waals surface area contributed by atoms with Gasteiger partial charge in [-0.05, 0) is 50.9 Å². The minimum Gasteiger partial charge on any atom is -0.371 e. The third-order valence-electron chi connectivity index (χ3n) is 4.22. The van der Waals surface area contributed by atoms with Crippen molar-refractivity contribution in [2.75, 3.05) is 6.54 Å². The molecule has 0 heterocycles. The van der Waals surface area contributed by atoms with Gasteiger partial charge in [-0.15, -0.1) is 0 Å². The Kier molecular flexibility index (Phi) is 5.03. The van der Waals surface area contributed by atoms with Gasteiger partial charge in [0.15, 0.2) is 0 Å². The molecule has 0 radical (unpaired) electrons. The van der Waals surface area contributed by atoms with Gasteiger partial charge in [-0.25, -0.2) is 0 Å². The van der Waals surface area contributed by atoms with Crippen LogP contribution in [0.25, 0.3) is 0 Å². The van der Waals surface area contributed by atoms with Gasteiger partial charge in [0.25, 0.3) is 0 Å². The topological polar surface area (TPSA) is 35.2 Å². The van der Waals surface area contributed by atoms with Gasteiger partial charge in [-0.1, -0.05) is 27.2 Å². The van der Waals surface area contributed by atoms with Crippen LogP contribution in [0.5, 0.6) is 0 Å². The molecule has 0 amide bonds. The second-order valence-electron chi connectivity index (χ2n) is 7.05. The van der Waals surface area contributed by atoms with Crippen LogP contribution in [-0.4, -0.2) is 18.2 Å². The molecule has 0 saturated heterocycles. The van der Waals surface area contributed by atoms with Crippen LogP contribution in [0.4, 0.5) is 0 Å². The highest BCUT2D eigenvalue weighted by atomic mass is 16.5. The summed E-state index contributed by atoms with van der Waals surface area (Å²) >= 11 is 0. The van der Waals surface area contributed by atoms with Crippen molar-refractivity contribution in [2.24, 2.45) is 17.1 Å². The van der Waals surface area contributed by atoms with E-state index in [-0.39, 0.29) is 11.7 Å². The van der Waals surface area contributed by atoms with E-state index < -0.39 is 0 Å². The van der Waals surface area contributed by atoms with Crippen LogP contribution in [0.3, 0.4) is 0 Å². The Morgan fingerprint density at radius 2 is 1.88 bits per heavy atom. The van der Waals surface area contributed by atoms with E-state index in [2.05, 4.69) is 34.6 Å². The van der Waals surface area contributed by atoms with Crippen LogP contribution in [0.1, 0.15) is 66.7 Å². The van der Waals surface area contributed by atoms with E-state index >= 15 is 0 Å². The van der Waals surface area contributed by atoms with Crippen LogP contribution in [0.15, 0.2) is 0 Å². The molecule has 1 fully saturated rings. The number of hydrogen-bond donors (Lipinski definition) is 1. The third kappa shape index (κ3) is 4.26. The lowest BCUT2D eigenvalue weighted by Gasteiger charge is -2.34. The van der Waals surface area contributed by atoms with Crippen molar-refractivity contribution in [1.29, 1.82) is 0 Å². The highest BCUT2D eigenvalue weighted by Gasteiger charge is 2.36. The first-order chi connectivity index (χ1) is 7.79. The molecule has 0 aromatic heterocycles. The Bertz CT molecular complexity index is 232. The highest BCUT2D eigenvalue weighted by Crippen LogP contribution is 2.40. The molecule has 17 heavy (non-hydrogen) atoms. The maximum absolute atomic E-state index is 6.14. The average molecular weight is 241 g/mol. The molecular weight excluding hydrogens is 210 g/mol. The summed E-state index contributed by atoms with van der Waals surface area (Å²) in [7, 11) is 0. The van der Waals surface area contributed by atoms with E-state index in [4.69, 9.17) is 10.5 Å². The lowest BCUT2D eigenvalue weighted by Crippen LogP contribution is -2.42. The molecule has 1 rings (SSSR count). The summed E-state index contributed by atoms with van der Waals surface area (Å²) < 4.78 is 6.14. The first-order valence-corrected chi connectivity index (χ1v) is 7.17. The van der Waals surface area contributed by atoms with E-state index in [1.165, 1.54) is 19.3 Å². The summed E-state index contributed by atoms with van der Waals surface area (Å²) in [5, 5.41) is 0. The molecule has 2 N–H and O–H groups in total. The molecule has 2 unspecified atom stereocenters. The molecular formula is C15H31NO. The van der Waals surface area contributed by atoms with E-state index in [1.54, 1.807) is 0 Å². The van der Waals surface area contributed by atoms with Crippen molar-refractivity contribution in [1.82, 2.24) is 0 Å². The average Bonchev–Trinajstić information content (AvgIpc) is 2.39. The summed E-state index contributed by atoms with van der Waals surface area (Å²) in [6.45, 7) is 12.0. The van der Waals surface area contributed by atoms with Gasteiger partial charge in [0.1, 0.15) is 0 Å². The molecule has 1 saturated carbocycles. The molecule has 0 bridgehead atoms. The quantitative estimate of drug-likeness (QED) is 0.764. The molecule has 2 atom stereocenters. The molecule has 2 nitrogen and oxygen atoms in total. The minimum atomic E-state index is -0.0475. The zero-order valence-electron chi connectivity index (χ0n) is 12.4. The van der Waals surface area contributed by atoms with Crippen molar-refractivity contribution < 1.29 is 4.74 Å². The van der Waals surface area contributed by atoms with Gasteiger partial charge in [0.2, 0.25) is 0 Å². The number of nitrogens with two attached hydrogens (primary N) is 1. The van der Waals surface area contributed by atoms with Crippen molar-refractivity contribution in [2.45, 2.75) is 78.4 Å². The van der Waals surface area contributed by atoms with Crippen LogP contribution in [-0.2, 0) is 4.74 Å². The predicted molar refractivity (Wildman–Crippen MR) is 74.0 cm³/mol. The fourth-order valence-electron chi connectivity index (χ4n) is 3.11. The van der Waals surface area contributed by atoms with Crippen molar-refractivity contribution in [3.8, 4) is 0 Å². The number of rotatable bonds is 3. The fourth-order valence-corrected chi connectivity index (χ4v) is 3.11. The van der Waals surface area contributed by atoms with Crippen molar-refractivity contribution >= 4 is 0 Å². The summed E-state index contributed by atoms with van der Waals surface area (Å²) in [5.74, 6) is 0.812. The largest absolute Gasteiger partial charge is 0.371 e. The maximum Gasteiger partial charge on any atom is 0.0807 e. The minimum absolute atomic E-state index is 0.0475. The molecule has 0 aromatic rings. The maximum atomic E-state index is 6.14. The second-order valence-corrected chi connectivity index (χ2v) is 7.05. The van der Waals surface area contributed by atoms with E-state index in [0.29, 0.717) is 12.0 Å². The van der Waals surface area contributed by atoms with Crippen molar-refractivity contribution in [3.05, 3.63) is 0 Å². The molecule has 0 spiro atoms. The smallest absolute Gasteiger partial charge is 0.0807 e. The molecule has 0 aliphatic heterocycles. The lowest BCUT2D eigenvalue weighted by atomic mass is 9.76. The molecule has 0 aromatic carbocycles. The summed E-state index contributed by atoms with van der Waals surface area (Å²) in [6.07, 6.45) is 6.38. The Labute approximate surface area is 107 Å². The van der Waals surface area contributed by atoms with Crippen LogP contribution < -0.4 is 5.73 Å². The Hall–Kier alpha value is -0.0800. The zero-order chi connectivity index (χ0) is 13.1. The van der Waals surface area contributed by atoms with Gasteiger partial charge in [0, 0.05) is 6.54 Å². The number of ether oxygens (including phenoxy) is 1. The zero-order valence-corrected chi connectivity index (χ0v) is 12.4. The third-order valence-corrected chi connectivity index (χ3v) is 4.22. The molecule has 102 valence electrons. The first kappa shape index (κ1) is 15.0. The molecule has 1 aliphatic rings. The van der Waals surface area contributed by atoms with Crippen molar-refractivity contribution in [3.63, 3.8) is 0 Å². The summed E-state index contributed by atoms with van der Waals surface area (Å²) in [6, 6.07) is 0. The van der Waals surface area contributed by atoms with E-state index in [0.717, 1.165) is 18.8 Å². The Morgan fingerprint density at radius 1 is 1.24 bits per heavy atom. The summed E-state index contributed by atoms with van der Waals surface area (Å²) in [4.78, 5) is 0. The Morgan fingerprint density at radius 3 is 2.35 bits per heavy atom. The Balaban J connectivity index is 2.67. The second kappa shape index (κ2) is 5.71.